The highest BCUT2D eigenvalue weighted by molar-refractivity contribution is 7.82. The number of methoxy groups -OCH3 is 1. The third-order valence-electron chi connectivity index (χ3n) is 7.59. The van der Waals surface area contributed by atoms with E-state index in [9.17, 15) is 13.2 Å². The fourth-order valence-corrected chi connectivity index (χ4v) is 7.23. The Labute approximate surface area is 213 Å². The monoisotopic (exact) mass is 531 g/mol. The summed E-state index contributed by atoms with van der Waals surface area (Å²) in [6, 6.07) is 10.2. The van der Waals surface area contributed by atoms with Crippen LogP contribution in [0.3, 0.4) is 0 Å². The topological polar surface area (TPSA) is 119 Å². The summed E-state index contributed by atoms with van der Waals surface area (Å²) >= 11 is 0. The van der Waals surface area contributed by atoms with E-state index in [-0.39, 0.29) is 19.2 Å². The fourth-order valence-electron chi connectivity index (χ4n) is 6.19. The molecule has 12 heteroatoms. The Balaban J connectivity index is 1.40. The molecular formula is C25H25NO10S. The molecule has 4 heterocycles. The van der Waals surface area contributed by atoms with Gasteiger partial charge in [0.1, 0.15) is 30.2 Å². The van der Waals surface area contributed by atoms with Gasteiger partial charge in [-0.3, -0.25) is 4.79 Å². The van der Waals surface area contributed by atoms with Crippen LogP contribution in [-0.2, 0) is 34.8 Å². The lowest BCUT2D eigenvalue weighted by Crippen LogP contribution is -2.65. The summed E-state index contributed by atoms with van der Waals surface area (Å²) in [6.07, 6.45) is -3.30. The molecule has 0 aromatic heterocycles. The zero-order valence-electron chi connectivity index (χ0n) is 20.3. The van der Waals surface area contributed by atoms with E-state index >= 15 is 0 Å². The average molecular weight is 532 g/mol. The molecule has 3 fully saturated rings. The van der Waals surface area contributed by atoms with Crippen molar-refractivity contribution < 1.29 is 45.3 Å². The van der Waals surface area contributed by atoms with Crippen molar-refractivity contribution in [2.24, 2.45) is 0 Å². The van der Waals surface area contributed by atoms with Crippen LogP contribution in [0.5, 0.6) is 17.2 Å². The number of rotatable bonds is 3. The molecule has 196 valence electrons. The smallest absolute Gasteiger partial charge is 0.400 e. The van der Waals surface area contributed by atoms with Gasteiger partial charge >= 0.3 is 10.4 Å². The van der Waals surface area contributed by atoms with Gasteiger partial charge in [-0.15, -0.1) is 0 Å². The Bertz CT molecular complexity index is 1390. The summed E-state index contributed by atoms with van der Waals surface area (Å²) in [4.78, 5) is 15.8. The summed E-state index contributed by atoms with van der Waals surface area (Å²) in [5.41, 5.74) is 1.86. The van der Waals surface area contributed by atoms with Crippen molar-refractivity contribution in [1.29, 1.82) is 0 Å². The number of fused-ring (bicyclic) bond motifs is 9. The average Bonchev–Trinajstić information content (AvgIpc) is 3.53. The normalized spacial score (nSPS) is 33.9. The van der Waals surface area contributed by atoms with E-state index in [0.29, 0.717) is 28.4 Å². The summed E-state index contributed by atoms with van der Waals surface area (Å²) in [6.45, 7) is 3.79. The van der Waals surface area contributed by atoms with Crippen molar-refractivity contribution in [2.45, 2.75) is 62.6 Å². The van der Waals surface area contributed by atoms with Crippen molar-refractivity contribution >= 4 is 16.3 Å². The van der Waals surface area contributed by atoms with Crippen LogP contribution >= 0.6 is 0 Å². The number of ether oxygens (including phenoxy) is 5. The van der Waals surface area contributed by atoms with Crippen LogP contribution in [0.15, 0.2) is 36.4 Å². The lowest BCUT2D eigenvalue weighted by atomic mass is 9.69. The Hall–Kier alpha value is -2.90. The SMILES string of the molecule is COc1ccc(CN2C(=O)c3cc4c(cc3[C@H]3[C@@H]5OS(=O)(=O)O[C@@H]5[C@H]5OC(C)(C)O[C@H]5[C@@H]32)OCO4)cc1. The second-order valence-electron chi connectivity index (χ2n) is 10.2. The highest BCUT2D eigenvalue weighted by atomic mass is 32.3. The molecule has 5 aliphatic rings. The van der Waals surface area contributed by atoms with Crippen LogP contribution in [0.4, 0.5) is 0 Å². The Morgan fingerprint density at radius 1 is 0.973 bits per heavy atom. The van der Waals surface area contributed by atoms with Crippen LogP contribution < -0.4 is 14.2 Å². The Morgan fingerprint density at radius 3 is 2.38 bits per heavy atom. The van der Waals surface area contributed by atoms with Crippen molar-refractivity contribution in [3.05, 3.63) is 53.1 Å². The first-order valence-electron chi connectivity index (χ1n) is 12.0. The summed E-state index contributed by atoms with van der Waals surface area (Å²) < 4.78 is 64.9. The number of carbonyl (C=O) groups excluding carboxylic acids is 1. The lowest BCUT2D eigenvalue weighted by Gasteiger charge is -2.50. The summed E-state index contributed by atoms with van der Waals surface area (Å²) in [7, 11) is -2.69. The molecule has 37 heavy (non-hydrogen) atoms. The molecule has 6 atom stereocenters. The van der Waals surface area contributed by atoms with E-state index in [0.717, 1.165) is 5.56 Å². The van der Waals surface area contributed by atoms with Crippen molar-refractivity contribution in [2.75, 3.05) is 13.9 Å². The van der Waals surface area contributed by atoms with E-state index in [1.165, 1.54) is 0 Å². The molecule has 1 saturated carbocycles. The molecule has 0 N–H and O–H groups in total. The number of nitrogens with zero attached hydrogens (tertiary/aromatic N) is 1. The quantitative estimate of drug-likeness (QED) is 0.582. The summed E-state index contributed by atoms with van der Waals surface area (Å²) in [5.74, 6) is -0.217. The number of amides is 1. The molecule has 0 spiro atoms. The highest BCUT2D eigenvalue weighted by Gasteiger charge is 2.67. The van der Waals surface area contributed by atoms with E-state index < -0.39 is 52.6 Å². The van der Waals surface area contributed by atoms with Crippen LogP contribution in [0.1, 0.15) is 41.3 Å². The van der Waals surface area contributed by atoms with Gasteiger partial charge in [0, 0.05) is 18.0 Å². The number of hydrogen-bond donors (Lipinski definition) is 0. The zero-order chi connectivity index (χ0) is 25.7. The van der Waals surface area contributed by atoms with Crippen LogP contribution in [-0.4, -0.2) is 69.4 Å². The summed E-state index contributed by atoms with van der Waals surface area (Å²) in [5, 5.41) is 0. The third-order valence-corrected chi connectivity index (χ3v) is 8.51. The first-order valence-corrected chi connectivity index (χ1v) is 13.3. The van der Waals surface area contributed by atoms with Gasteiger partial charge in [0.25, 0.3) is 5.91 Å². The first kappa shape index (κ1) is 23.2. The predicted octanol–water partition coefficient (Wildman–Crippen LogP) is 2.09. The minimum atomic E-state index is -4.28. The van der Waals surface area contributed by atoms with Crippen molar-refractivity contribution in [1.82, 2.24) is 4.90 Å². The van der Waals surface area contributed by atoms with Gasteiger partial charge in [0.05, 0.1) is 13.2 Å². The number of benzene rings is 2. The van der Waals surface area contributed by atoms with Gasteiger partial charge in [-0.2, -0.15) is 8.42 Å². The van der Waals surface area contributed by atoms with Crippen molar-refractivity contribution in [3.8, 4) is 17.2 Å². The van der Waals surface area contributed by atoms with Crippen molar-refractivity contribution in [3.63, 3.8) is 0 Å². The van der Waals surface area contributed by atoms with Gasteiger partial charge < -0.3 is 28.6 Å². The molecule has 2 aromatic rings. The van der Waals surface area contributed by atoms with Gasteiger partial charge in [0.15, 0.2) is 17.3 Å². The molecule has 2 saturated heterocycles. The zero-order valence-corrected chi connectivity index (χ0v) is 21.1. The standard InChI is InChI=1S/C25H25NO10S/c1-25(2)33-21-19-18(20-23(22(21)34-25)36-37(28,29)35-20)14-8-16-17(32-11-31-16)9-15(14)24(27)26(19)10-12-4-6-13(30-3)7-5-12/h4-9,18-23H,10-11H2,1-3H3/t18-,19-,20+,21+,22+,23+/m1/s1. The minimum Gasteiger partial charge on any atom is -0.497 e. The maximum absolute atomic E-state index is 14.1. The maximum atomic E-state index is 14.1. The molecule has 0 radical (unpaired) electrons. The molecule has 4 aliphatic heterocycles. The highest BCUT2D eigenvalue weighted by Crippen LogP contribution is 2.54. The Kier molecular flexibility index (Phi) is 4.90. The molecule has 7 rings (SSSR count). The predicted molar refractivity (Wildman–Crippen MR) is 124 cm³/mol. The number of carbonyl (C=O) groups is 1. The lowest BCUT2D eigenvalue weighted by molar-refractivity contribution is -0.153. The fraction of sp³-hybridized carbons (Fsp3) is 0.480. The molecular weight excluding hydrogens is 506 g/mol. The van der Waals surface area contributed by atoms with E-state index in [1.54, 1.807) is 38.0 Å². The van der Waals surface area contributed by atoms with Gasteiger partial charge in [0.2, 0.25) is 6.79 Å². The van der Waals surface area contributed by atoms with Gasteiger partial charge in [-0.25, -0.2) is 8.37 Å². The Morgan fingerprint density at radius 2 is 1.65 bits per heavy atom. The second-order valence-corrected chi connectivity index (χ2v) is 11.4. The molecule has 1 aliphatic carbocycles. The third kappa shape index (κ3) is 3.54. The van der Waals surface area contributed by atoms with E-state index in [4.69, 9.17) is 32.1 Å². The molecule has 11 nitrogen and oxygen atoms in total. The van der Waals surface area contributed by atoms with Gasteiger partial charge in [-0.1, -0.05) is 12.1 Å². The van der Waals surface area contributed by atoms with Gasteiger partial charge in [-0.05, 0) is 49.2 Å². The largest absolute Gasteiger partial charge is 0.497 e. The van der Waals surface area contributed by atoms with Crippen LogP contribution in [0, 0.1) is 0 Å². The second kappa shape index (κ2) is 7.81. The number of hydrogen-bond acceptors (Lipinski definition) is 10. The molecule has 0 bridgehead atoms. The molecule has 0 unspecified atom stereocenters. The van der Waals surface area contributed by atoms with E-state index in [1.807, 2.05) is 24.3 Å². The minimum absolute atomic E-state index is 0.0337. The first-order chi connectivity index (χ1) is 17.6. The van der Waals surface area contributed by atoms with E-state index in [2.05, 4.69) is 0 Å². The maximum Gasteiger partial charge on any atom is 0.400 e. The van der Waals surface area contributed by atoms with Crippen LogP contribution in [0.2, 0.25) is 0 Å². The molecule has 2 aromatic carbocycles. The molecule has 1 amide bonds. The van der Waals surface area contributed by atoms with Crippen LogP contribution in [0.25, 0.3) is 0 Å².